The first kappa shape index (κ1) is 23.2. The van der Waals surface area contributed by atoms with E-state index in [0.717, 1.165) is 44.9 Å². The van der Waals surface area contributed by atoms with E-state index in [1.807, 2.05) is 7.05 Å². The minimum Gasteiger partial charge on any atom is -0.356 e. The molecule has 1 aliphatic heterocycles. The molecule has 1 aromatic carbocycles. The fourth-order valence-corrected chi connectivity index (χ4v) is 3.35. The average molecular weight is 472 g/mol. The minimum atomic E-state index is 0. The van der Waals surface area contributed by atoms with Gasteiger partial charge in [-0.15, -0.1) is 24.0 Å². The van der Waals surface area contributed by atoms with Crippen LogP contribution in [0.5, 0.6) is 0 Å². The zero-order valence-electron chi connectivity index (χ0n) is 17.1. The largest absolute Gasteiger partial charge is 0.356 e. The zero-order valence-corrected chi connectivity index (χ0v) is 19.4. The van der Waals surface area contributed by atoms with Crippen LogP contribution in [0.15, 0.2) is 35.3 Å². The fraction of sp³-hybridized carbons (Fsp3) is 0.667. The van der Waals surface area contributed by atoms with E-state index in [1.54, 1.807) is 0 Å². The molecule has 2 N–H and O–H groups in total. The van der Waals surface area contributed by atoms with Crippen LogP contribution in [-0.4, -0.2) is 43.1 Å². The molecule has 2 atom stereocenters. The highest BCUT2D eigenvalue weighted by molar-refractivity contribution is 14.0. The molecule has 1 heterocycles. The predicted molar refractivity (Wildman–Crippen MR) is 123 cm³/mol. The molecule has 5 heteroatoms. The first-order valence-electron chi connectivity index (χ1n) is 9.62. The number of nitrogens with zero attached hydrogens (tertiary/aromatic N) is 2. The van der Waals surface area contributed by atoms with Gasteiger partial charge in [-0.05, 0) is 37.2 Å². The van der Waals surface area contributed by atoms with Crippen molar-refractivity contribution < 1.29 is 0 Å². The summed E-state index contributed by atoms with van der Waals surface area (Å²) < 4.78 is 0. The van der Waals surface area contributed by atoms with Gasteiger partial charge in [0, 0.05) is 38.8 Å². The Morgan fingerprint density at radius 2 is 1.92 bits per heavy atom. The summed E-state index contributed by atoms with van der Waals surface area (Å²) in [5, 5.41) is 7.08. The van der Waals surface area contributed by atoms with Crippen LogP contribution in [0.3, 0.4) is 0 Å². The summed E-state index contributed by atoms with van der Waals surface area (Å²) in [6.07, 6.45) is 3.46. The van der Waals surface area contributed by atoms with Crippen LogP contribution >= 0.6 is 24.0 Å². The van der Waals surface area contributed by atoms with Crippen molar-refractivity contribution in [3.8, 4) is 0 Å². The lowest BCUT2D eigenvalue weighted by atomic mass is 9.92. The van der Waals surface area contributed by atoms with Gasteiger partial charge in [-0.2, -0.15) is 0 Å². The number of aliphatic imine (C=N–C) groups is 1. The Bertz CT molecular complexity index is 539. The molecule has 0 aromatic heterocycles. The molecule has 1 aliphatic rings. The summed E-state index contributed by atoms with van der Waals surface area (Å²) in [6, 6.07) is 11.9. The number of hydrogen-bond acceptors (Lipinski definition) is 2. The second-order valence-corrected chi connectivity index (χ2v) is 8.48. The van der Waals surface area contributed by atoms with E-state index in [4.69, 9.17) is 0 Å². The quantitative estimate of drug-likeness (QED) is 0.382. The molecule has 26 heavy (non-hydrogen) atoms. The maximum absolute atomic E-state index is 4.39. The van der Waals surface area contributed by atoms with E-state index in [9.17, 15) is 0 Å². The first-order valence-corrected chi connectivity index (χ1v) is 9.62. The van der Waals surface area contributed by atoms with Gasteiger partial charge < -0.3 is 10.6 Å². The van der Waals surface area contributed by atoms with E-state index < -0.39 is 0 Å². The molecule has 2 unspecified atom stereocenters. The molecule has 0 amide bonds. The van der Waals surface area contributed by atoms with Gasteiger partial charge in [-0.1, -0.05) is 51.1 Å². The SMILES string of the molecule is CN=C(NCCC(C)(C)C)NC1CCN(Cc2ccccc2)C(C)C1.I. The lowest BCUT2D eigenvalue weighted by Crippen LogP contribution is -2.51. The molecule has 1 aromatic rings. The zero-order chi connectivity index (χ0) is 18.3. The Balaban J connectivity index is 0.00000338. The van der Waals surface area contributed by atoms with Gasteiger partial charge in [0.15, 0.2) is 5.96 Å². The van der Waals surface area contributed by atoms with Crippen molar-refractivity contribution in [3.63, 3.8) is 0 Å². The van der Waals surface area contributed by atoms with Crippen molar-refractivity contribution >= 4 is 29.9 Å². The Kier molecular flexibility index (Phi) is 9.93. The summed E-state index contributed by atoms with van der Waals surface area (Å²) in [4.78, 5) is 6.98. The lowest BCUT2D eigenvalue weighted by molar-refractivity contribution is 0.134. The Hall–Kier alpha value is -0.820. The molecule has 148 valence electrons. The van der Waals surface area contributed by atoms with E-state index in [1.165, 1.54) is 5.56 Å². The number of nitrogens with one attached hydrogen (secondary N) is 2. The molecule has 1 fully saturated rings. The van der Waals surface area contributed by atoms with Gasteiger partial charge in [-0.25, -0.2) is 0 Å². The molecular weight excluding hydrogens is 435 g/mol. The summed E-state index contributed by atoms with van der Waals surface area (Å²) in [5.74, 6) is 0.943. The van der Waals surface area contributed by atoms with E-state index in [2.05, 4.69) is 78.6 Å². The highest BCUT2D eigenvalue weighted by atomic mass is 127. The number of piperidine rings is 1. The van der Waals surface area contributed by atoms with Crippen molar-refractivity contribution in [3.05, 3.63) is 35.9 Å². The Labute approximate surface area is 177 Å². The number of hydrogen-bond donors (Lipinski definition) is 2. The van der Waals surface area contributed by atoms with Gasteiger partial charge in [-0.3, -0.25) is 9.89 Å². The van der Waals surface area contributed by atoms with E-state index in [0.29, 0.717) is 17.5 Å². The summed E-state index contributed by atoms with van der Waals surface area (Å²) in [6.45, 7) is 12.3. The molecule has 0 spiro atoms. The molecule has 1 saturated heterocycles. The minimum absolute atomic E-state index is 0. The van der Waals surface area contributed by atoms with Gasteiger partial charge in [0.1, 0.15) is 0 Å². The number of halogens is 1. The second kappa shape index (κ2) is 11.1. The van der Waals surface area contributed by atoms with Crippen molar-refractivity contribution in [1.82, 2.24) is 15.5 Å². The highest BCUT2D eigenvalue weighted by Gasteiger charge is 2.26. The topological polar surface area (TPSA) is 39.7 Å². The maximum atomic E-state index is 4.39. The highest BCUT2D eigenvalue weighted by Crippen LogP contribution is 2.20. The van der Waals surface area contributed by atoms with Crippen LogP contribution in [-0.2, 0) is 6.54 Å². The van der Waals surface area contributed by atoms with Crippen LogP contribution in [0.4, 0.5) is 0 Å². The van der Waals surface area contributed by atoms with Gasteiger partial charge >= 0.3 is 0 Å². The van der Waals surface area contributed by atoms with Gasteiger partial charge in [0.05, 0.1) is 0 Å². The van der Waals surface area contributed by atoms with E-state index in [-0.39, 0.29) is 24.0 Å². The predicted octanol–water partition coefficient (Wildman–Crippen LogP) is 4.26. The Morgan fingerprint density at radius 3 is 2.50 bits per heavy atom. The molecule has 0 saturated carbocycles. The van der Waals surface area contributed by atoms with Crippen LogP contribution in [0.25, 0.3) is 0 Å². The van der Waals surface area contributed by atoms with Crippen LogP contribution in [0.2, 0.25) is 0 Å². The number of guanidine groups is 1. The molecular formula is C21H37IN4. The molecule has 0 radical (unpaired) electrons. The molecule has 2 rings (SSSR count). The van der Waals surface area contributed by atoms with Crippen LogP contribution < -0.4 is 10.6 Å². The van der Waals surface area contributed by atoms with Crippen molar-refractivity contribution in [1.29, 1.82) is 0 Å². The maximum Gasteiger partial charge on any atom is 0.191 e. The van der Waals surface area contributed by atoms with Crippen molar-refractivity contribution in [2.24, 2.45) is 10.4 Å². The third-order valence-electron chi connectivity index (χ3n) is 4.97. The third kappa shape index (κ3) is 8.25. The summed E-state index contributed by atoms with van der Waals surface area (Å²) in [7, 11) is 1.86. The summed E-state index contributed by atoms with van der Waals surface area (Å²) >= 11 is 0. The normalized spacial score (nSPS) is 21.8. The van der Waals surface area contributed by atoms with Crippen molar-refractivity contribution in [2.45, 2.75) is 65.6 Å². The van der Waals surface area contributed by atoms with Gasteiger partial charge in [0.25, 0.3) is 0 Å². The molecule has 4 nitrogen and oxygen atoms in total. The number of rotatable bonds is 5. The van der Waals surface area contributed by atoms with Crippen molar-refractivity contribution in [2.75, 3.05) is 20.1 Å². The summed E-state index contributed by atoms with van der Waals surface area (Å²) in [5.41, 5.74) is 1.75. The van der Waals surface area contributed by atoms with Crippen LogP contribution in [0.1, 0.15) is 52.5 Å². The first-order chi connectivity index (χ1) is 11.9. The second-order valence-electron chi connectivity index (χ2n) is 8.48. The Morgan fingerprint density at radius 1 is 1.23 bits per heavy atom. The standard InChI is InChI=1S/C21H36N4.HI/c1-17-15-19(24-20(22-5)23-13-12-21(2,3)4)11-14-25(17)16-18-9-7-6-8-10-18;/h6-10,17,19H,11-16H2,1-5H3,(H2,22,23,24);1H. The molecule has 0 bridgehead atoms. The van der Waals surface area contributed by atoms with E-state index >= 15 is 0 Å². The smallest absolute Gasteiger partial charge is 0.191 e. The number of likely N-dealkylation sites (tertiary alicyclic amines) is 1. The third-order valence-corrected chi connectivity index (χ3v) is 4.97. The lowest BCUT2D eigenvalue weighted by Gasteiger charge is -2.38. The van der Waals surface area contributed by atoms with Crippen LogP contribution in [0, 0.1) is 5.41 Å². The molecule has 0 aliphatic carbocycles. The monoisotopic (exact) mass is 472 g/mol. The average Bonchev–Trinajstić information content (AvgIpc) is 2.56. The van der Waals surface area contributed by atoms with Gasteiger partial charge in [0.2, 0.25) is 0 Å². The number of benzene rings is 1. The fourth-order valence-electron chi connectivity index (χ4n) is 3.35.